The molecule has 1 saturated heterocycles. The van der Waals surface area contributed by atoms with Gasteiger partial charge in [-0.15, -0.1) is 0 Å². The second-order valence-corrected chi connectivity index (χ2v) is 7.79. The van der Waals surface area contributed by atoms with Crippen molar-refractivity contribution in [3.63, 3.8) is 0 Å². The van der Waals surface area contributed by atoms with Crippen LogP contribution in [0.4, 0.5) is 0 Å². The van der Waals surface area contributed by atoms with Crippen molar-refractivity contribution in [2.24, 2.45) is 0 Å². The lowest BCUT2D eigenvalue weighted by atomic mass is 9.83. The van der Waals surface area contributed by atoms with Crippen molar-refractivity contribution in [2.45, 2.75) is 32.1 Å². The number of hydrogen-bond acceptors (Lipinski definition) is 3. The van der Waals surface area contributed by atoms with E-state index in [4.69, 9.17) is 0 Å². The van der Waals surface area contributed by atoms with Crippen molar-refractivity contribution < 1.29 is 14.7 Å². The average molecular weight is 380 g/mol. The maximum absolute atomic E-state index is 13.0. The van der Waals surface area contributed by atoms with Crippen LogP contribution in [0.2, 0.25) is 0 Å². The predicted octanol–water partition coefficient (Wildman–Crippen LogP) is 2.97. The second kappa shape index (κ2) is 8.46. The molecule has 148 valence electrons. The topological polar surface area (TPSA) is 60.9 Å². The van der Waals surface area contributed by atoms with Crippen molar-refractivity contribution in [3.05, 3.63) is 65.7 Å². The second-order valence-electron chi connectivity index (χ2n) is 7.79. The molecule has 0 atom stereocenters. The predicted molar refractivity (Wildman–Crippen MR) is 109 cm³/mol. The Balaban J connectivity index is 1.53. The molecule has 0 bridgehead atoms. The van der Waals surface area contributed by atoms with Crippen molar-refractivity contribution in [1.29, 1.82) is 0 Å². The molecule has 2 amide bonds. The number of phenolic OH excluding ortho intramolecular Hbond substituents is 1. The summed E-state index contributed by atoms with van der Waals surface area (Å²) >= 11 is 0. The van der Waals surface area contributed by atoms with Gasteiger partial charge in [0.05, 0.1) is 5.41 Å². The number of benzene rings is 2. The van der Waals surface area contributed by atoms with E-state index in [1.807, 2.05) is 66.1 Å². The molecule has 1 heterocycles. The van der Waals surface area contributed by atoms with E-state index < -0.39 is 5.41 Å². The molecule has 3 rings (SSSR count). The third kappa shape index (κ3) is 4.35. The van der Waals surface area contributed by atoms with E-state index in [2.05, 4.69) is 0 Å². The first-order valence-electron chi connectivity index (χ1n) is 9.79. The molecule has 0 saturated carbocycles. The fraction of sp³-hybridized carbons (Fsp3) is 0.391. The molecular formula is C23H28N2O3. The number of aromatic hydroxyl groups is 1. The first-order valence-corrected chi connectivity index (χ1v) is 9.79. The average Bonchev–Trinajstić information content (AvgIpc) is 2.73. The Labute approximate surface area is 166 Å². The van der Waals surface area contributed by atoms with Crippen molar-refractivity contribution in [1.82, 2.24) is 9.80 Å². The summed E-state index contributed by atoms with van der Waals surface area (Å²) in [4.78, 5) is 29.2. The zero-order chi connectivity index (χ0) is 20.1. The minimum absolute atomic E-state index is 0.0673. The summed E-state index contributed by atoms with van der Waals surface area (Å²) in [5, 5.41) is 9.83. The van der Waals surface area contributed by atoms with Crippen LogP contribution < -0.4 is 0 Å². The molecule has 0 unspecified atom stereocenters. The fourth-order valence-electron chi connectivity index (χ4n) is 3.65. The van der Waals surface area contributed by atoms with Crippen LogP contribution in [0.25, 0.3) is 0 Å². The van der Waals surface area contributed by atoms with Gasteiger partial charge in [0.1, 0.15) is 5.75 Å². The van der Waals surface area contributed by atoms with Gasteiger partial charge < -0.3 is 14.9 Å². The van der Waals surface area contributed by atoms with Gasteiger partial charge >= 0.3 is 0 Å². The van der Waals surface area contributed by atoms with Crippen LogP contribution in [0.15, 0.2) is 54.6 Å². The SMILES string of the molecule is CC(C)(C(=O)N1CCN(C(=O)CCc2ccccc2O)CC1)c1ccccc1. The summed E-state index contributed by atoms with van der Waals surface area (Å²) in [6, 6.07) is 16.9. The molecule has 0 aliphatic carbocycles. The van der Waals surface area contributed by atoms with Crippen LogP contribution in [0.3, 0.4) is 0 Å². The maximum Gasteiger partial charge on any atom is 0.232 e. The molecule has 28 heavy (non-hydrogen) atoms. The standard InChI is InChI=1S/C23H28N2O3/c1-23(2,19-9-4-3-5-10-19)22(28)25-16-14-24(15-17-25)21(27)13-12-18-8-6-7-11-20(18)26/h3-11,26H,12-17H2,1-2H3. The van der Waals surface area contributed by atoms with Crippen LogP contribution in [-0.2, 0) is 21.4 Å². The first-order chi connectivity index (χ1) is 13.4. The largest absolute Gasteiger partial charge is 0.508 e. The van der Waals surface area contributed by atoms with Crippen molar-refractivity contribution in [2.75, 3.05) is 26.2 Å². The number of hydrogen-bond donors (Lipinski definition) is 1. The molecule has 2 aromatic rings. The van der Waals surface area contributed by atoms with E-state index in [9.17, 15) is 14.7 Å². The summed E-state index contributed by atoms with van der Waals surface area (Å²) in [7, 11) is 0. The number of rotatable bonds is 5. The molecule has 1 aliphatic heterocycles. The van der Waals surface area contributed by atoms with Crippen LogP contribution in [0.1, 0.15) is 31.4 Å². The van der Waals surface area contributed by atoms with Crippen LogP contribution >= 0.6 is 0 Å². The number of amides is 2. The quantitative estimate of drug-likeness (QED) is 0.868. The van der Waals surface area contributed by atoms with Crippen molar-refractivity contribution in [3.8, 4) is 5.75 Å². The highest BCUT2D eigenvalue weighted by Crippen LogP contribution is 2.26. The van der Waals surface area contributed by atoms with E-state index in [-0.39, 0.29) is 17.6 Å². The lowest BCUT2D eigenvalue weighted by molar-refractivity contribution is -0.142. The number of carbonyl (C=O) groups excluding carboxylic acids is 2. The van der Waals surface area contributed by atoms with Gasteiger partial charge in [-0.3, -0.25) is 9.59 Å². The summed E-state index contributed by atoms with van der Waals surface area (Å²) in [5.74, 6) is 0.395. The molecule has 0 spiro atoms. The minimum atomic E-state index is -0.585. The Morgan fingerprint density at radius 2 is 1.46 bits per heavy atom. The van der Waals surface area contributed by atoms with Gasteiger partial charge in [-0.25, -0.2) is 0 Å². The van der Waals surface area contributed by atoms with Gasteiger partial charge in [0.2, 0.25) is 11.8 Å². The van der Waals surface area contributed by atoms with Gasteiger partial charge in [-0.1, -0.05) is 48.5 Å². The number of nitrogens with zero attached hydrogens (tertiary/aromatic N) is 2. The molecule has 1 fully saturated rings. The van der Waals surface area contributed by atoms with E-state index in [0.717, 1.165) is 11.1 Å². The minimum Gasteiger partial charge on any atom is -0.508 e. The Bertz CT molecular complexity index is 825. The molecule has 2 aromatic carbocycles. The maximum atomic E-state index is 13.0. The normalized spacial score (nSPS) is 14.8. The van der Waals surface area contributed by atoms with Gasteiger partial charge in [0, 0.05) is 32.6 Å². The molecule has 1 N–H and O–H groups in total. The van der Waals surface area contributed by atoms with E-state index in [0.29, 0.717) is 39.0 Å². The fourth-order valence-corrected chi connectivity index (χ4v) is 3.65. The smallest absolute Gasteiger partial charge is 0.232 e. The monoisotopic (exact) mass is 380 g/mol. The zero-order valence-corrected chi connectivity index (χ0v) is 16.6. The highest BCUT2D eigenvalue weighted by Gasteiger charge is 2.35. The van der Waals surface area contributed by atoms with Gasteiger partial charge in [-0.2, -0.15) is 0 Å². The summed E-state index contributed by atoms with van der Waals surface area (Å²) in [5.41, 5.74) is 1.20. The molecule has 5 heteroatoms. The lowest BCUT2D eigenvalue weighted by Gasteiger charge is -2.39. The third-order valence-corrected chi connectivity index (χ3v) is 5.55. The Hall–Kier alpha value is -2.82. The number of carbonyl (C=O) groups is 2. The summed E-state index contributed by atoms with van der Waals surface area (Å²) in [6.45, 7) is 6.12. The van der Waals surface area contributed by atoms with Crippen LogP contribution in [0, 0.1) is 0 Å². The summed E-state index contributed by atoms with van der Waals surface area (Å²) < 4.78 is 0. The molecular weight excluding hydrogens is 352 g/mol. The Morgan fingerprint density at radius 1 is 0.893 bits per heavy atom. The lowest BCUT2D eigenvalue weighted by Crippen LogP contribution is -2.54. The van der Waals surface area contributed by atoms with Gasteiger partial charge in [0.25, 0.3) is 0 Å². The van der Waals surface area contributed by atoms with E-state index in [1.54, 1.807) is 12.1 Å². The van der Waals surface area contributed by atoms with Crippen LogP contribution in [-0.4, -0.2) is 52.9 Å². The number of piperazine rings is 1. The van der Waals surface area contributed by atoms with E-state index >= 15 is 0 Å². The zero-order valence-electron chi connectivity index (χ0n) is 16.6. The van der Waals surface area contributed by atoms with E-state index in [1.165, 1.54) is 0 Å². The first kappa shape index (κ1) is 19.9. The third-order valence-electron chi connectivity index (χ3n) is 5.55. The number of aryl methyl sites for hydroxylation is 1. The summed E-state index contributed by atoms with van der Waals surface area (Å²) in [6.07, 6.45) is 0.882. The molecule has 0 radical (unpaired) electrons. The van der Waals surface area contributed by atoms with Crippen LogP contribution in [0.5, 0.6) is 5.75 Å². The van der Waals surface area contributed by atoms with Gasteiger partial charge in [0.15, 0.2) is 0 Å². The highest BCUT2D eigenvalue weighted by atomic mass is 16.3. The molecule has 0 aromatic heterocycles. The molecule has 1 aliphatic rings. The Kier molecular flexibility index (Phi) is 6.02. The van der Waals surface area contributed by atoms with Gasteiger partial charge in [-0.05, 0) is 37.5 Å². The number of para-hydroxylation sites is 1. The van der Waals surface area contributed by atoms with Crippen molar-refractivity contribution >= 4 is 11.8 Å². The number of phenols is 1. The highest BCUT2D eigenvalue weighted by molar-refractivity contribution is 5.87. The molecule has 5 nitrogen and oxygen atoms in total. The Morgan fingerprint density at radius 3 is 2.11 bits per heavy atom.